The summed E-state index contributed by atoms with van der Waals surface area (Å²) < 4.78 is 37.9. The van der Waals surface area contributed by atoms with Crippen LogP contribution in [-0.4, -0.2) is 36.1 Å². The van der Waals surface area contributed by atoms with Gasteiger partial charge in [0.2, 0.25) is 0 Å². The van der Waals surface area contributed by atoms with E-state index in [1.807, 2.05) is 0 Å². The zero-order valence-electron chi connectivity index (χ0n) is 12.4. The summed E-state index contributed by atoms with van der Waals surface area (Å²) in [6, 6.07) is 5.89. The summed E-state index contributed by atoms with van der Waals surface area (Å²) in [5, 5.41) is 2.43. The molecule has 1 aliphatic rings. The lowest BCUT2D eigenvalue weighted by Gasteiger charge is -2.33. The summed E-state index contributed by atoms with van der Waals surface area (Å²) >= 11 is 0. The van der Waals surface area contributed by atoms with Gasteiger partial charge in [-0.3, -0.25) is 4.79 Å². The number of halogens is 3. The van der Waals surface area contributed by atoms with Crippen molar-refractivity contribution in [1.82, 2.24) is 10.2 Å². The van der Waals surface area contributed by atoms with E-state index in [0.29, 0.717) is 5.56 Å². The third-order valence-electron chi connectivity index (χ3n) is 3.91. The molecule has 5 nitrogen and oxygen atoms in total. The van der Waals surface area contributed by atoms with Crippen LogP contribution in [0.25, 0.3) is 0 Å². The van der Waals surface area contributed by atoms with Gasteiger partial charge in [0.15, 0.2) is 0 Å². The van der Waals surface area contributed by atoms with Crippen LogP contribution in [0.4, 0.5) is 18.0 Å². The Labute approximate surface area is 131 Å². The molecule has 1 aromatic rings. The second-order valence-electron chi connectivity index (χ2n) is 5.52. The number of primary amides is 1. The molecule has 0 aliphatic carbocycles. The first-order valence-corrected chi connectivity index (χ1v) is 7.25. The number of nitrogens with one attached hydrogen (secondary N) is 1. The van der Waals surface area contributed by atoms with Crippen LogP contribution in [0.2, 0.25) is 0 Å². The van der Waals surface area contributed by atoms with Crippen LogP contribution >= 0.6 is 0 Å². The van der Waals surface area contributed by atoms with Crippen LogP contribution in [0.5, 0.6) is 0 Å². The van der Waals surface area contributed by atoms with Gasteiger partial charge in [-0.25, -0.2) is 4.79 Å². The molecule has 0 atom stereocenters. The molecule has 2 rings (SSSR count). The largest absolute Gasteiger partial charge is 0.391 e. The highest BCUT2D eigenvalue weighted by molar-refractivity contribution is 5.94. The summed E-state index contributed by atoms with van der Waals surface area (Å²) in [4.78, 5) is 24.4. The highest BCUT2D eigenvalue weighted by atomic mass is 19.4. The molecule has 3 N–H and O–H groups in total. The number of carbonyl (C=O) groups is 2. The Morgan fingerprint density at radius 2 is 1.74 bits per heavy atom. The Hall–Kier alpha value is -2.25. The van der Waals surface area contributed by atoms with Crippen molar-refractivity contribution in [2.45, 2.75) is 25.6 Å². The minimum Gasteiger partial charge on any atom is -0.352 e. The fourth-order valence-corrected chi connectivity index (χ4v) is 2.55. The molecule has 1 heterocycles. The second-order valence-corrected chi connectivity index (χ2v) is 5.52. The molecule has 3 amide bonds. The van der Waals surface area contributed by atoms with Gasteiger partial charge in [-0.2, -0.15) is 13.2 Å². The molecule has 8 heteroatoms. The van der Waals surface area contributed by atoms with Crippen LogP contribution < -0.4 is 11.1 Å². The van der Waals surface area contributed by atoms with E-state index in [4.69, 9.17) is 5.73 Å². The molecule has 0 aromatic heterocycles. The maximum Gasteiger partial charge on any atom is 0.391 e. The van der Waals surface area contributed by atoms with Crippen LogP contribution in [0.15, 0.2) is 24.3 Å². The predicted molar refractivity (Wildman–Crippen MR) is 77.5 cm³/mol. The number of carbonyl (C=O) groups excluding carboxylic acids is 2. The predicted octanol–water partition coefficient (Wildman–Crippen LogP) is 2.27. The van der Waals surface area contributed by atoms with Crippen molar-refractivity contribution in [2.75, 3.05) is 13.1 Å². The van der Waals surface area contributed by atoms with Crippen LogP contribution in [-0.2, 0) is 6.54 Å². The van der Waals surface area contributed by atoms with Crippen LogP contribution in [0.3, 0.4) is 0 Å². The highest BCUT2D eigenvalue weighted by Crippen LogP contribution is 2.34. The van der Waals surface area contributed by atoms with Crippen molar-refractivity contribution >= 4 is 11.9 Å². The average molecular weight is 329 g/mol. The average Bonchev–Trinajstić information content (AvgIpc) is 2.52. The lowest BCUT2D eigenvalue weighted by atomic mass is 9.96. The van der Waals surface area contributed by atoms with Gasteiger partial charge in [0.25, 0.3) is 5.91 Å². The summed E-state index contributed by atoms with van der Waals surface area (Å²) in [6.45, 7) is 0.461. The molecule has 126 valence electrons. The van der Waals surface area contributed by atoms with Gasteiger partial charge in [0, 0.05) is 25.2 Å². The normalized spacial score (nSPS) is 16.2. The van der Waals surface area contributed by atoms with E-state index >= 15 is 0 Å². The topological polar surface area (TPSA) is 75.4 Å². The van der Waals surface area contributed by atoms with Crippen molar-refractivity contribution in [1.29, 1.82) is 0 Å². The van der Waals surface area contributed by atoms with Gasteiger partial charge in [-0.1, -0.05) is 12.1 Å². The molecule has 1 aromatic carbocycles. The maximum absolute atomic E-state index is 12.6. The monoisotopic (exact) mass is 329 g/mol. The Morgan fingerprint density at radius 1 is 1.17 bits per heavy atom. The number of piperidine rings is 1. The lowest BCUT2D eigenvalue weighted by Crippen LogP contribution is -2.42. The quantitative estimate of drug-likeness (QED) is 0.892. The first-order chi connectivity index (χ1) is 10.8. The first-order valence-electron chi connectivity index (χ1n) is 7.25. The number of likely N-dealkylation sites (tertiary alicyclic amines) is 1. The molecule has 1 saturated heterocycles. The number of hydrogen-bond donors (Lipinski definition) is 2. The van der Waals surface area contributed by atoms with Crippen molar-refractivity contribution in [3.63, 3.8) is 0 Å². The van der Waals surface area contributed by atoms with E-state index in [0.717, 1.165) is 5.56 Å². The van der Waals surface area contributed by atoms with Gasteiger partial charge < -0.3 is 16.0 Å². The molecular weight excluding hydrogens is 311 g/mol. The molecule has 0 spiro atoms. The lowest BCUT2D eigenvalue weighted by molar-refractivity contribution is -0.183. The third-order valence-corrected chi connectivity index (χ3v) is 3.91. The zero-order valence-corrected chi connectivity index (χ0v) is 12.4. The summed E-state index contributed by atoms with van der Waals surface area (Å²) in [6.07, 6.45) is -4.31. The molecule has 23 heavy (non-hydrogen) atoms. The van der Waals surface area contributed by atoms with Crippen molar-refractivity contribution in [3.05, 3.63) is 35.4 Å². The minimum absolute atomic E-state index is 0.0597. The number of urea groups is 1. The molecule has 0 saturated carbocycles. The molecule has 1 aliphatic heterocycles. The number of hydrogen-bond acceptors (Lipinski definition) is 2. The maximum atomic E-state index is 12.6. The van der Waals surface area contributed by atoms with Crippen molar-refractivity contribution in [3.8, 4) is 0 Å². The molecule has 1 fully saturated rings. The van der Waals surface area contributed by atoms with E-state index in [9.17, 15) is 22.8 Å². The summed E-state index contributed by atoms with van der Waals surface area (Å²) in [5.41, 5.74) is 6.16. The van der Waals surface area contributed by atoms with Gasteiger partial charge >= 0.3 is 12.2 Å². The van der Waals surface area contributed by atoms with Crippen LogP contribution in [0, 0.1) is 5.92 Å². The number of alkyl halides is 3. The van der Waals surface area contributed by atoms with Gasteiger partial charge in [-0.05, 0) is 30.5 Å². The van der Waals surface area contributed by atoms with Crippen molar-refractivity contribution < 1.29 is 22.8 Å². The molecular formula is C15H18F3N3O2. The SMILES string of the molecule is NC(=O)NCc1ccc(C(=O)N2CCC(C(F)(F)F)CC2)cc1. The second kappa shape index (κ2) is 6.89. The Balaban J connectivity index is 1.92. The molecule has 0 radical (unpaired) electrons. The van der Waals surface area contributed by atoms with E-state index in [1.54, 1.807) is 24.3 Å². The van der Waals surface area contributed by atoms with Crippen molar-refractivity contribution in [2.24, 2.45) is 11.7 Å². The Bertz CT molecular complexity index is 564. The number of nitrogens with two attached hydrogens (primary N) is 1. The van der Waals surface area contributed by atoms with Gasteiger partial charge in [0.05, 0.1) is 5.92 Å². The molecule has 0 bridgehead atoms. The minimum atomic E-state index is -4.19. The fraction of sp³-hybridized carbons (Fsp3) is 0.467. The van der Waals surface area contributed by atoms with E-state index in [-0.39, 0.29) is 38.4 Å². The smallest absolute Gasteiger partial charge is 0.352 e. The number of benzene rings is 1. The fourth-order valence-electron chi connectivity index (χ4n) is 2.55. The Kier molecular flexibility index (Phi) is 5.12. The summed E-state index contributed by atoms with van der Waals surface area (Å²) in [5.74, 6) is -1.60. The third kappa shape index (κ3) is 4.61. The Morgan fingerprint density at radius 3 is 2.22 bits per heavy atom. The standard InChI is InChI=1S/C15H18F3N3O2/c16-15(17,18)12-5-7-21(8-6-12)13(22)11-3-1-10(2-4-11)9-20-14(19)23/h1-4,12H,5-9H2,(H3,19,20,23). The number of amides is 3. The number of nitrogens with zero attached hydrogens (tertiary/aromatic N) is 1. The molecule has 0 unspecified atom stereocenters. The first kappa shape index (κ1) is 17.1. The highest BCUT2D eigenvalue weighted by Gasteiger charge is 2.41. The summed E-state index contributed by atoms with van der Waals surface area (Å²) in [7, 11) is 0. The van der Waals surface area contributed by atoms with Crippen LogP contribution in [0.1, 0.15) is 28.8 Å². The van der Waals surface area contributed by atoms with E-state index in [1.165, 1.54) is 4.90 Å². The van der Waals surface area contributed by atoms with Gasteiger partial charge in [0.1, 0.15) is 0 Å². The van der Waals surface area contributed by atoms with E-state index < -0.39 is 18.1 Å². The van der Waals surface area contributed by atoms with Gasteiger partial charge in [-0.15, -0.1) is 0 Å². The number of rotatable bonds is 3. The zero-order chi connectivity index (χ0) is 17.0. The van der Waals surface area contributed by atoms with E-state index in [2.05, 4.69) is 5.32 Å².